The molecule has 270 valence electrons. The Morgan fingerprint density at radius 2 is 0.793 bits per heavy atom. The van der Waals surface area contributed by atoms with Crippen molar-refractivity contribution < 1.29 is 8.83 Å². The lowest BCUT2D eigenvalue weighted by molar-refractivity contribution is 0.664. The zero-order chi connectivity index (χ0) is 38.7. The van der Waals surface area contributed by atoms with E-state index in [4.69, 9.17) is 15.4 Å². The molecule has 0 radical (unpaired) electrons. The molecule has 0 bridgehead atoms. The van der Waals surface area contributed by atoms with Crippen LogP contribution in [0.3, 0.4) is 0 Å². The number of anilines is 6. The number of rotatable bonds is 6. The predicted octanol–water partition coefficient (Wildman–Crippen LogP) is 15.2. The number of nitrogens with zero attached hydrogens (tertiary/aromatic N) is 4. The molecule has 0 amide bonds. The van der Waals surface area contributed by atoms with E-state index < -0.39 is 0 Å². The van der Waals surface area contributed by atoms with Crippen LogP contribution in [0, 0.1) is 17.9 Å². The average molecular weight is 743 g/mol. The summed E-state index contributed by atoms with van der Waals surface area (Å²) in [5.74, 6) is 0. The highest BCUT2D eigenvalue weighted by Crippen LogP contribution is 2.42. The topological polar surface area (TPSA) is 60.9 Å². The largest absolute Gasteiger partial charge is 0.456 e. The fourth-order valence-electron chi connectivity index (χ4n) is 8.19. The first-order valence-corrected chi connectivity index (χ1v) is 19.0. The van der Waals surface area contributed by atoms with Crippen molar-refractivity contribution in [2.75, 3.05) is 9.80 Å². The van der Waals surface area contributed by atoms with Crippen molar-refractivity contribution in [3.05, 3.63) is 199 Å². The number of benzene rings is 9. The van der Waals surface area contributed by atoms with Gasteiger partial charge in [-0.15, -0.1) is 0 Å². The van der Waals surface area contributed by atoms with Gasteiger partial charge in [-0.3, -0.25) is 0 Å². The van der Waals surface area contributed by atoms with Crippen LogP contribution in [-0.4, -0.2) is 0 Å². The highest BCUT2D eigenvalue weighted by atomic mass is 16.3. The van der Waals surface area contributed by atoms with Crippen LogP contribution in [0.4, 0.5) is 39.8 Å². The molecule has 0 aliphatic heterocycles. The van der Waals surface area contributed by atoms with E-state index in [2.05, 4.69) is 118 Å². The molecule has 0 unspecified atom stereocenters. The Kier molecular flexibility index (Phi) is 7.50. The van der Waals surface area contributed by atoms with Gasteiger partial charge in [-0.25, -0.2) is 4.85 Å². The minimum Gasteiger partial charge on any atom is -0.456 e. The van der Waals surface area contributed by atoms with Crippen LogP contribution in [0.25, 0.3) is 70.3 Å². The summed E-state index contributed by atoms with van der Waals surface area (Å²) >= 11 is 0. The van der Waals surface area contributed by atoms with Gasteiger partial charge in [-0.1, -0.05) is 60.7 Å². The van der Waals surface area contributed by atoms with Gasteiger partial charge in [0.05, 0.1) is 18.2 Å². The van der Waals surface area contributed by atoms with E-state index in [1.54, 1.807) is 0 Å². The van der Waals surface area contributed by atoms with E-state index in [1.807, 2.05) is 84.9 Å². The Bertz CT molecular complexity index is 3230. The van der Waals surface area contributed by atoms with Crippen LogP contribution >= 0.6 is 0 Å². The van der Waals surface area contributed by atoms with Crippen LogP contribution in [0.15, 0.2) is 191 Å². The third kappa shape index (κ3) is 5.48. The molecule has 0 fully saturated rings. The van der Waals surface area contributed by atoms with Crippen LogP contribution in [-0.2, 0) is 0 Å². The molecular weight excluding hydrogens is 713 g/mol. The van der Waals surface area contributed by atoms with Gasteiger partial charge in [0.1, 0.15) is 22.3 Å². The van der Waals surface area contributed by atoms with E-state index >= 15 is 0 Å². The summed E-state index contributed by atoms with van der Waals surface area (Å²) in [4.78, 5) is 7.98. The van der Waals surface area contributed by atoms with Gasteiger partial charge in [-0.05, 0) is 143 Å². The molecule has 0 spiro atoms. The van der Waals surface area contributed by atoms with Gasteiger partial charge in [0.25, 0.3) is 0 Å². The highest BCUT2D eigenvalue weighted by Gasteiger charge is 2.18. The quantitative estimate of drug-likeness (QED) is 0.159. The van der Waals surface area contributed by atoms with Gasteiger partial charge in [0, 0.05) is 55.7 Å². The van der Waals surface area contributed by atoms with Gasteiger partial charge in [0.15, 0.2) is 5.69 Å². The minimum atomic E-state index is 0.609. The van der Waals surface area contributed by atoms with Gasteiger partial charge >= 0.3 is 0 Å². The number of hydrogen-bond acceptors (Lipinski definition) is 5. The Hall–Kier alpha value is -8.32. The molecule has 0 saturated carbocycles. The molecule has 11 rings (SSSR count). The molecular formula is C52H30N4O2. The van der Waals surface area contributed by atoms with E-state index in [1.165, 1.54) is 0 Å². The number of fused-ring (bicyclic) bond motifs is 8. The Morgan fingerprint density at radius 1 is 0.397 bits per heavy atom. The molecule has 58 heavy (non-hydrogen) atoms. The molecule has 6 heteroatoms. The van der Waals surface area contributed by atoms with Gasteiger partial charge < -0.3 is 18.6 Å². The standard InChI is InChI=1S/C52H30N4O2/c1-54-38-16-22-42(23-17-38)56(40-10-6-3-7-11-40)44-21-15-35-27-46-48-31-51-47(30-52(48)58-50(46)29-37(35)25-44)45-26-34-14-20-43(24-36(34)28-49(45)57-51)55(39-8-4-2-5-9-39)41-18-12-33(32-53)13-19-41/h2-31H. The maximum atomic E-state index is 9.40. The summed E-state index contributed by atoms with van der Waals surface area (Å²) in [7, 11) is 0. The Morgan fingerprint density at radius 3 is 1.24 bits per heavy atom. The molecule has 2 aromatic heterocycles. The molecule has 0 aliphatic carbocycles. The molecule has 9 aromatic carbocycles. The second-order valence-electron chi connectivity index (χ2n) is 14.4. The van der Waals surface area contributed by atoms with Crippen molar-refractivity contribution in [1.82, 2.24) is 0 Å². The number of furan rings is 2. The summed E-state index contributed by atoms with van der Waals surface area (Å²) in [5, 5.41) is 17.8. The van der Waals surface area contributed by atoms with Crippen LogP contribution in [0.1, 0.15) is 5.56 Å². The summed E-state index contributed by atoms with van der Waals surface area (Å²) in [6.07, 6.45) is 0. The van der Waals surface area contributed by atoms with Gasteiger partial charge in [0.2, 0.25) is 0 Å². The van der Waals surface area contributed by atoms with Crippen molar-refractivity contribution >= 4 is 105 Å². The summed E-state index contributed by atoms with van der Waals surface area (Å²) in [6, 6.07) is 64.0. The summed E-state index contributed by atoms with van der Waals surface area (Å²) in [6.45, 7) is 7.41. The fraction of sp³-hybridized carbons (Fsp3) is 0. The smallest absolute Gasteiger partial charge is 0.187 e. The molecule has 6 nitrogen and oxygen atoms in total. The fourth-order valence-corrected chi connectivity index (χ4v) is 8.19. The SMILES string of the molecule is [C-]#[N+]c1ccc(N(c2ccccc2)c2ccc3cc4c(cc3c2)oc2cc3c(cc24)oc2cc4cc(N(c5ccccc5)c5ccc(C#N)cc5)ccc4cc23)cc1. The van der Waals surface area contributed by atoms with Crippen molar-refractivity contribution in [1.29, 1.82) is 5.26 Å². The van der Waals surface area contributed by atoms with Gasteiger partial charge in [-0.2, -0.15) is 5.26 Å². The maximum absolute atomic E-state index is 9.40. The second-order valence-corrected chi connectivity index (χ2v) is 14.4. The molecule has 0 N–H and O–H groups in total. The Labute approximate surface area is 333 Å². The van der Waals surface area contributed by atoms with Crippen molar-refractivity contribution in [2.24, 2.45) is 0 Å². The first kappa shape index (κ1) is 33.1. The third-order valence-electron chi connectivity index (χ3n) is 11.0. The van der Waals surface area contributed by atoms with E-state index in [0.717, 1.165) is 99.5 Å². The predicted molar refractivity (Wildman–Crippen MR) is 236 cm³/mol. The lowest BCUT2D eigenvalue weighted by Gasteiger charge is -2.26. The van der Waals surface area contributed by atoms with Crippen molar-refractivity contribution in [2.45, 2.75) is 0 Å². The number of hydrogen-bond donors (Lipinski definition) is 0. The van der Waals surface area contributed by atoms with Crippen LogP contribution in [0.2, 0.25) is 0 Å². The van der Waals surface area contributed by atoms with Crippen molar-refractivity contribution in [3.8, 4) is 6.07 Å². The van der Waals surface area contributed by atoms with E-state index in [-0.39, 0.29) is 0 Å². The normalized spacial score (nSPS) is 11.4. The molecule has 2 heterocycles. The summed E-state index contributed by atoms with van der Waals surface area (Å²) in [5.41, 5.74) is 10.5. The molecule has 0 saturated heterocycles. The molecule has 11 aromatic rings. The van der Waals surface area contributed by atoms with Crippen LogP contribution in [0.5, 0.6) is 0 Å². The minimum absolute atomic E-state index is 0.609. The zero-order valence-electron chi connectivity index (χ0n) is 30.9. The lowest BCUT2D eigenvalue weighted by Crippen LogP contribution is -2.09. The monoisotopic (exact) mass is 742 g/mol. The molecule has 0 atom stereocenters. The van der Waals surface area contributed by atoms with Crippen LogP contribution < -0.4 is 9.80 Å². The third-order valence-corrected chi connectivity index (χ3v) is 11.0. The highest BCUT2D eigenvalue weighted by molar-refractivity contribution is 6.18. The Balaban J connectivity index is 0.995. The lowest BCUT2D eigenvalue weighted by atomic mass is 10.0. The number of para-hydroxylation sites is 2. The van der Waals surface area contributed by atoms with E-state index in [0.29, 0.717) is 11.3 Å². The maximum Gasteiger partial charge on any atom is 0.187 e. The molecule has 0 aliphatic rings. The number of nitriles is 1. The van der Waals surface area contributed by atoms with E-state index in [9.17, 15) is 5.26 Å². The average Bonchev–Trinajstić information content (AvgIpc) is 3.80. The summed E-state index contributed by atoms with van der Waals surface area (Å²) < 4.78 is 13.2. The first-order valence-electron chi connectivity index (χ1n) is 19.0. The first-order chi connectivity index (χ1) is 28.6. The zero-order valence-corrected chi connectivity index (χ0v) is 30.9. The van der Waals surface area contributed by atoms with Crippen molar-refractivity contribution in [3.63, 3.8) is 0 Å². The second kappa shape index (κ2) is 13.2.